The van der Waals surface area contributed by atoms with E-state index >= 15 is 0 Å². The molecule has 7 heteroatoms. The molecule has 0 spiro atoms. The number of aromatic nitrogens is 3. The predicted molar refractivity (Wildman–Crippen MR) is 95.1 cm³/mol. The lowest BCUT2D eigenvalue weighted by molar-refractivity contribution is 0.0712. The number of H-pyrrole nitrogens is 1. The highest BCUT2D eigenvalue weighted by Gasteiger charge is 2.26. The van der Waals surface area contributed by atoms with Crippen molar-refractivity contribution in [2.24, 2.45) is 0 Å². The number of hydrogen-bond acceptors (Lipinski definition) is 3. The number of hydrogen-bond donors (Lipinski definition) is 1. The van der Waals surface area contributed by atoms with E-state index in [1.165, 1.54) is 4.52 Å². The second kappa shape index (κ2) is 6.37. The van der Waals surface area contributed by atoms with Crippen LogP contribution in [-0.2, 0) is 0 Å². The Morgan fingerprint density at radius 1 is 1.20 bits per heavy atom. The molecular formula is C18H17ClN4O2. The van der Waals surface area contributed by atoms with E-state index in [1.807, 2.05) is 4.90 Å². The summed E-state index contributed by atoms with van der Waals surface area (Å²) in [6.07, 6.45) is 3.28. The van der Waals surface area contributed by atoms with Gasteiger partial charge in [0.05, 0.1) is 5.69 Å². The van der Waals surface area contributed by atoms with Crippen LogP contribution >= 0.6 is 11.6 Å². The van der Waals surface area contributed by atoms with Gasteiger partial charge in [-0.2, -0.15) is 0 Å². The molecule has 128 valence electrons. The van der Waals surface area contributed by atoms with Gasteiger partial charge in [0.15, 0.2) is 5.65 Å². The minimum Gasteiger partial charge on any atom is -0.339 e. The van der Waals surface area contributed by atoms with E-state index in [1.54, 1.807) is 42.6 Å². The molecule has 0 radical (unpaired) electrons. The Balaban J connectivity index is 1.49. The van der Waals surface area contributed by atoms with E-state index in [-0.39, 0.29) is 17.4 Å². The number of fused-ring (bicyclic) bond motifs is 1. The second-order valence-corrected chi connectivity index (χ2v) is 6.69. The van der Waals surface area contributed by atoms with Gasteiger partial charge < -0.3 is 4.90 Å². The molecular weight excluding hydrogens is 340 g/mol. The topological polar surface area (TPSA) is 70.5 Å². The summed E-state index contributed by atoms with van der Waals surface area (Å²) in [6, 6.07) is 10.4. The van der Waals surface area contributed by atoms with Crippen LogP contribution in [0.4, 0.5) is 0 Å². The van der Waals surface area contributed by atoms with Crippen molar-refractivity contribution in [3.05, 3.63) is 69.2 Å². The van der Waals surface area contributed by atoms with Crippen LogP contribution in [-0.4, -0.2) is 38.5 Å². The summed E-state index contributed by atoms with van der Waals surface area (Å²) in [7, 11) is 0. The highest BCUT2D eigenvalue weighted by atomic mass is 35.5. The molecule has 0 unspecified atom stereocenters. The minimum atomic E-state index is -0.109. The molecule has 25 heavy (non-hydrogen) atoms. The van der Waals surface area contributed by atoms with Gasteiger partial charge in [0.25, 0.3) is 11.5 Å². The van der Waals surface area contributed by atoms with Crippen molar-refractivity contribution in [2.75, 3.05) is 13.1 Å². The van der Waals surface area contributed by atoms with E-state index in [2.05, 4.69) is 10.1 Å². The number of likely N-dealkylation sites (tertiary alicyclic amines) is 1. The smallest absolute Gasteiger partial charge is 0.272 e. The summed E-state index contributed by atoms with van der Waals surface area (Å²) in [5.74, 6) is 0.186. The first kappa shape index (κ1) is 15.9. The number of aromatic amines is 1. The maximum absolute atomic E-state index is 12.6. The molecule has 0 bridgehead atoms. The number of rotatable bonds is 2. The van der Waals surface area contributed by atoms with Gasteiger partial charge in [0.2, 0.25) is 0 Å². The van der Waals surface area contributed by atoms with Gasteiger partial charge in [-0.1, -0.05) is 17.7 Å². The number of amides is 1. The first-order valence-corrected chi connectivity index (χ1v) is 8.61. The zero-order chi connectivity index (χ0) is 17.4. The number of benzene rings is 1. The molecule has 1 aliphatic heterocycles. The SMILES string of the molecule is O=C(c1cccc(Cl)c1)N1CCC(c2cc(=O)n3[nH]ccc3n2)CC1. The lowest BCUT2D eigenvalue weighted by Crippen LogP contribution is -2.38. The third-order valence-electron chi connectivity index (χ3n) is 4.67. The molecule has 2 aromatic heterocycles. The monoisotopic (exact) mass is 356 g/mol. The highest BCUT2D eigenvalue weighted by Crippen LogP contribution is 2.27. The molecule has 0 aliphatic carbocycles. The predicted octanol–water partition coefficient (Wildman–Crippen LogP) is 2.70. The lowest BCUT2D eigenvalue weighted by Gasteiger charge is -2.31. The Bertz CT molecular complexity index is 986. The van der Waals surface area contributed by atoms with E-state index in [0.717, 1.165) is 18.5 Å². The Morgan fingerprint density at radius 2 is 2.00 bits per heavy atom. The van der Waals surface area contributed by atoms with Gasteiger partial charge in [-0.15, -0.1) is 0 Å². The molecule has 0 saturated carbocycles. The fourth-order valence-electron chi connectivity index (χ4n) is 3.34. The van der Waals surface area contributed by atoms with E-state index in [9.17, 15) is 9.59 Å². The molecule has 1 N–H and O–H groups in total. The first-order valence-electron chi connectivity index (χ1n) is 8.24. The number of nitrogens with zero attached hydrogens (tertiary/aromatic N) is 3. The average molecular weight is 357 g/mol. The second-order valence-electron chi connectivity index (χ2n) is 6.25. The highest BCUT2D eigenvalue weighted by molar-refractivity contribution is 6.30. The zero-order valence-electron chi connectivity index (χ0n) is 13.5. The van der Waals surface area contributed by atoms with E-state index in [0.29, 0.717) is 29.3 Å². The van der Waals surface area contributed by atoms with E-state index in [4.69, 9.17) is 11.6 Å². The minimum absolute atomic E-state index is 0.00457. The average Bonchev–Trinajstić information content (AvgIpc) is 3.10. The molecule has 6 nitrogen and oxygen atoms in total. The number of carbonyl (C=O) groups is 1. The van der Waals surface area contributed by atoms with Crippen molar-refractivity contribution in [3.63, 3.8) is 0 Å². The van der Waals surface area contributed by atoms with Crippen molar-refractivity contribution in [2.45, 2.75) is 18.8 Å². The van der Waals surface area contributed by atoms with Crippen molar-refractivity contribution in [3.8, 4) is 0 Å². The molecule has 1 fully saturated rings. The van der Waals surface area contributed by atoms with E-state index < -0.39 is 0 Å². The third-order valence-corrected chi connectivity index (χ3v) is 4.91. The number of nitrogens with one attached hydrogen (secondary N) is 1. The molecule has 1 saturated heterocycles. The fraction of sp³-hybridized carbons (Fsp3) is 0.278. The summed E-state index contributed by atoms with van der Waals surface area (Å²) in [4.78, 5) is 31.1. The third kappa shape index (κ3) is 3.05. The van der Waals surface area contributed by atoms with Crippen LogP contribution < -0.4 is 5.56 Å². The maximum Gasteiger partial charge on any atom is 0.272 e. The van der Waals surface area contributed by atoms with Crippen LogP contribution in [0.5, 0.6) is 0 Å². The van der Waals surface area contributed by atoms with Crippen molar-refractivity contribution in [1.29, 1.82) is 0 Å². The number of halogens is 1. The summed E-state index contributed by atoms with van der Waals surface area (Å²) >= 11 is 5.97. The van der Waals surface area contributed by atoms with Crippen LogP contribution in [0, 0.1) is 0 Å². The summed E-state index contributed by atoms with van der Waals surface area (Å²) < 4.78 is 1.42. The van der Waals surface area contributed by atoms with Crippen molar-refractivity contribution >= 4 is 23.2 Å². The number of piperidine rings is 1. The molecule has 3 aromatic rings. The molecule has 4 rings (SSSR count). The molecule has 1 amide bonds. The van der Waals surface area contributed by atoms with Crippen LogP contribution in [0.25, 0.3) is 5.65 Å². The molecule has 1 aromatic carbocycles. The van der Waals surface area contributed by atoms with Crippen LogP contribution in [0.3, 0.4) is 0 Å². The van der Waals surface area contributed by atoms with Crippen molar-refractivity contribution < 1.29 is 4.79 Å². The lowest BCUT2D eigenvalue weighted by atomic mass is 9.93. The Morgan fingerprint density at radius 3 is 2.76 bits per heavy atom. The molecule has 0 atom stereocenters. The first-order chi connectivity index (χ1) is 12.1. The quantitative estimate of drug-likeness (QED) is 0.767. The summed E-state index contributed by atoms with van der Waals surface area (Å²) in [5, 5.41) is 3.40. The van der Waals surface area contributed by atoms with Gasteiger partial charge in [-0.25, -0.2) is 9.50 Å². The van der Waals surface area contributed by atoms with Crippen LogP contribution in [0.15, 0.2) is 47.4 Å². The van der Waals surface area contributed by atoms with Gasteiger partial charge in [-0.05, 0) is 31.0 Å². The van der Waals surface area contributed by atoms with Crippen molar-refractivity contribution in [1.82, 2.24) is 19.5 Å². The normalized spacial score (nSPS) is 15.6. The molecule has 1 aliphatic rings. The van der Waals surface area contributed by atoms with Gasteiger partial charge in [0, 0.05) is 47.9 Å². The fourth-order valence-corrected chi connectivity index (χ4v) is 3.53. The van der Waals surface area contributed by atoms with Gasteiger partial charge in [0.1, 0.15) is 0 Å². The Kier molecular flexibility index (Phi) is 4.05. The Hall–Kier alpha value is -2.60. The largest absolute Gasteiger partial charge is 0.339 e. The Labute approximate surface area is 149 Å². The number of carbonyl (C=O) groups excluding carboxylic acids is 1. The standard InChI is InChI=1S/C18H17ClN4O2/c19-14-3-1-2-13(10-14)18(25)22-8-5-12(6-9-22)15-11-17(24)23-16(21-15)4-7-20-23/h1-4,7,10-12,20H,5-6,8-9H2. The summed E-state index contributed by atoms with van der Waals surface area (Å²) in [6.45, 7) is 1.29. The summed E-state index contributed by atoms with van der Waals surface area (Å²) in [5.41, 5.74) is 1.93. The zero-order valence-corrected chi connectivity index (χ0v) is 14.2. The van der Waals surface area contributed by atoms with Crippen LogP contribution in [0.1, 0.15) is 34.8 Å². The maximum atomic E-state index is 12.6. The molecule has 3 heterocycles. The van der Waals surface area contributed by atoms with Gasteiger partial charge >= 0.3 is 0 Å². The van der Waals surface area contributed by atoms with Gasteiger partial charge in [-0.3, -0.25) is 14.7 Å². The van der Waals surface area contributed by atoms with Crippen LogP contribution in [0.2, 0.25) is 5.02 Å².